The molecule has 0 saturated heterocycles. The molecule has 0 unspecified atom stereocenters. The van der Waals surface area contributed by atoms with Gasteiger partial charge in [0.15, 0.2) is 0 Å². The minimum atomic E-state index is 0.0416. The zero-order valence-corrected chi connectivity index (χ0v) is 14.2. The van der Waals surface area contributed by atoms with Gasteiger partial charge in [0, 0.05) is 22.2 Å². The van der Waals surface area contributed by atoms with Crippen LogP contribution in [0.4, 0.5) is 0 Å². The van der Waals surface area contributed by atoms with Gasteiger partial charge in [0.05, 0.1) is 36.8 Å². The molecule has 5 nitrogen and oxygen atoms in total. The van der Waals surface area contributed by atoms with Crippen LogP contribution in [0.15, 0.2) is 52.9 Å². The molecule has 2 heterocycles. The summed E-state index contributed by atoms with van der Waals surface area (Å²) < 4.78 is 1.68. The molecular weight excluding hydrogens is 355 g/mol. The van der Waals surface area contributed by atoms with Gasteiger partial charge in [-0.3, -0.25) is 4.68 Å². The van der Waals surface area contributed by atoms with Gasteiger partial charge in [0.2, 0.25) is 0 Å². The van der Waals surface area contributed by atoms with E-state index < -0.39 is 0 Å². The number of aliphatic hydroxyl groups is 1. The standard InChI is InChI=1S/C15H12Cl2N4OS/c16-13-7-19-14(8-18-13)23-12-3-1-2-11(15(12)17)10-6-20-21(9-10)4-5-22/h1-3,6-9,22H,4-5H2. The monoisotopic (exact) mass is 366 g/mol. The van der Waals surface area contributed by atoms with Crippen LogP contribution in [0.3, 0.4) is 0 Å². The summed E-state index contributed by atoms with van der Waals surface area (Å²) in [6.07, 6.45) is 6.69. The third-order valence-electron chi connectivity index (χ3n) is 3.05. The van der Waals surface area contributed by atoms with Crippen molar-refractivity contribution in [2.75, 3.05) is 6.61 Å². The zero-order chi connectivity index (χ0) is 16.2. The van der Waals surface area contributed by atoms with Crippen LogP contribution in [-0.4, -0.2) is 31.5 Å². The van der Waals surface area contributed by atoms with Crippen molar-refractivity contribution in [2.24, 2.45) is 0 Å². The lowest BCUT2D eigenvalue weighted by Gasteiger charge is -2.07. The molecule has 8 heteroatoms. The summed E-state index contributed by atoms with van der Waals surface area (Å²) in [5.74, 6) is 0. The molecule has 23 heavy (non-hydrogen) atoms. The predicted molar refractivity (Wildman–Crippen MR) is 90.9 cm³/mol. The van der Waals surface area contributed by atoms with Crippen LogP contribution >= 0.6 is 35.0 Å². The van der Waals surface area contributed by atoms with Gasteiger partial charge in [-0.25, -0.2) is 9.97 Å². The molecule has 118 valence electrons. The summed E-state index contributed by atoms with van der Waals surface area (Å²) in [4.78, 5) is 9.09. The summed E-state index contributed by atoms with van der Waals surface area (Å²) >= 11 is 13.7. The highest BCUT2D eigenvalue weighted by Gasteiger charge is 2.12. The SMILES string of the molecule is OCCn1cc(-c2cccc(Sc3cnc(Cl)cn3)c2Cl)cn1. The first-order valence-electron chi connectivity index (χ1n) is 6.75. The smallest absolute Gasteiger partial charge is 0.147 e. The van der Waals surface area contributed by atoms with Gasteiger partial charge in [0.1, 0.15) is 10.2 Å². The topological polar surface area (TPSA) is 63.8 Å². The van der Waals surface area contributed by atoms with E-state index in [2.05, 4.69) is 15.1 Å². The second-order valence-corrected chi connectivity index (χ2v) is 6.44. The van der Waals surface area contributed by atoms with Crippen LogP contribution in [0.5, 0.6) is 0 Å². The fourth-order valence-electron chi connectivity index (χ4n) is 2.01. The average Bonchev–Trinajstić information content (AvgIpc) is 3.00. The Balaban J connectivity index is 1.89. The molecule has 3 aromatic rings. The van der Waals surface area contributed by atoms with Crippen molar-refractivity contribution in [3.63, 3.8) is 0 Å². The highest BCUT2D eigenvalue weighted by Crippen LogP contribution is 2.38. The van der Waals surface area contributed by atoms with Crippen molar-refractivity contribution in [2.45, 2.75) is 16.5 Å². The average molecular weight is 367 g/mol. The molecule has 0 radical (unpaired) electrons. The van der Waals surface area contributed by atoms with E-state index in [4.69, 9.17) is 28.3 Å². The van der Waals surface area contributed by atoms with Crippen molar-refractivity contribution >= 4 is 35.0 Å². The van der Waals surface area contributed by atoms with E-state index in [9.17, 15) is 0 Å². The van der Waals surface area contributed by atoms with Gasteiger partial charge in [-0.1, -0.05) is 47.1 Å². The molecule has 0 aliphatic carbocycles. The number of hydrogen-bond acceptors (Lipinski definition) is 5. The second-order valence-electron chi connectivity index (χ2n) is 4.61. The first-order valence-corrected chi connectivity index (χ1v) is 8.32. The number of benzene rings is 1. The van der Waals surface area contributed by atoms with E-state index in [1.165, 1.54) is 18.0 Å². The number of halogens is 2. The normalized spacial score (nSPS) is 10.9. The number of rotatable bonds is 5. The van der Waals surface area contributed by atoms with Crippen LogP contribution in [0.1, 0.15) is 0 Å². The van der Waals surface area contributed by atoms with Crippen molar-refractivity contribution in [3.05, 3.63) is 53.2 Å². The maximum absolute atomic E-state index is 8.97. The molecule has 0 saturated carbocycles. The third kappa shape index (κ3) is 3.84. The highest BCUT2D eigenvalue weighted by atomic mass is 35.5. The molecular formula is C15H12Cl2N4OS. The maximum Gasteiger partial charge on any atom is 0.147 e. The Hall–Kier alpha value is -1.60. The largest absolute Gasteiger partial charge is 0.394 e. The van der Waals surface area contributed by atoms with E-state index in [0.29, 0.717) is 21.7 Å². The Labute approximate surface area is 147 Å². The lowest BCUT2D eigenvalue weighted by atomic mass is 10.1. The minimum Gasteiger partial charge on any atom is -0.394 e. The molecule has 3 rings (SSSR count). The van der Waals surface area contributed by atoms with Gasteiger partial charge in [0.25, 0.3) is 0 Å². The van der Waals surface area contributed by atoms with Crippen LogP contribution in [0.2, 0.25) is 10.2 Å². The minimum absolute atomic E-state index is 0.0416. The number of nitrogens with zero attached hydrogens (tertiary/aromatic N) is 4. The Morgan fingerprint density at radius 2 is 2.00 bits per heavy atom. The summed E-state index contributed by atoms with van der Waals surface area (Å²) in [5.41, 5.74) is 1.77. The lowest BCUT2D eigenvalue weighted by Crippen LogP contribution is -2.01. The van der Waals surface area contributed by atoms with Gasteiger partial charge >= 0.3 is 0 Å². The Morgan fingerprint density at radius 1 is 1.13 bits per heavy atom. The van der Waals surface area contributed by atoms with Gasteiger partial charge in [-0.2, -0.15) is 5.10 Å². The molecule has 0 aliphatic heterocycles. The Bertz CT molecular complexity index is 807. The molecule has 0 amide bonds. The fraction of sp³-hybridized carbons (Fsp3) is 0.133. The van der Waals surface area contributed by atoms with Crippen molar-refractivity contribution in [1.82, 2.24) is 19.7 Å². The van der Waals surface area contributed by atoms with E-state index in [1.54, 1.807) is 17.1 Å². The molecule has 0 atom stereocenters. The first-order chi connectivity index (χ1) is 11.2. The highest BCUT2D eigenvalue weighted by molar-refractivity contribution is 7.99. The molecule has 1 N–H and O–H groups in total. The van der Waals surface area contributed by atoms with E-state index in [0.717, 1.165) is 16.0 Å². The summed E-state index contributed by atoms with van der Waals surface area (Å²) in [6, 6.07) is 5.78. The summed E-state index contributed by atoms with van der Waals surface area (Å²) in [5, 5.41) is 14.9. The van der Waals surface area contributed by atoms with Crippen LogP contribution < -0.4 is 0 Å². The van der Waals surface area contributed by atoms with E-state index in [1.807, 2.05) is 24.4 Å². The van der Waals surface area contributed by atoms with E-state index in [-0.39, 0.29) is 6.61 Å². The van der Waals surface area contributed by atoms with Crippen LogP contribution in [0.25, 0.3) is 11.1 Å². The third-order valence-corrected chi connectivity index (χ3v) is 4.74. The second kappa shape index (κ2) is 7.31. The first kappa shape index (κ1) is 16.3. The van der Waals surface area contributed by atoms with Crippen molar-refractivity contribution in [1.29, 1.82) is 0 Å². The Kier molecular flexibility index (Phi) is 5.17. The molecule has 2 aromatic heterocycles. The molecule has 0 bridgehead atoms. The Morgan fingerprint density at radius 3 is 2.74 bits per heavy atom. The quantitative estimate of drug-likeness (QED) is 0.743. The predicted octanol–water partition coefficient (Wildman–Crippen LogP) is 3.79. The maximum atomic E-state index is 8.97. The van der Waals surface area contributed by atoms with E-state index >= 15 is 0 Å². The van der Waals surface area contributed by atoms with Gasteiger partial charge < -0.3 is 5.11 Å². The molecule has 0 fully saturated rings. The van der Waals surface area contributed by atoms with Crippen molar-refractivity contribution in [3.8, 4) is 11.1 Å². The summed E-state index contributed by atoms with van der Waals surface area (Å²) in [7, 11) is 0. The van der Waals surface area contributed by atoms with Crippen LogP contribution in [-0.2, 0) is 6.54 Å². The number of aromatic nitrogens is 4. The molecule has 1 aromatic carbocycles. The van der Waals surface area contributed by atoms with Gasteiger partial charge in [-0.05, 0) is 6.07 Å². The van der Waals surface area contributed by atoms with Crippen LogP contribution in [0, 0.1) is 0 Å². The van der Waals surface area contributed by atoms with Gasteiger partial charge in [-0.15, -0.1) is 0 Å². The lowest BCUT2D eigenvalue weighted by molar-refractivity contribution is 0.269. The zero-order valence-electron chi connectivity index (χ0n) is 11.9. The summed E-state index contributed by atoms with van der Waals surface area (Å²) in [6.45, 7) is 0.492. The molecule has 0 spiro atoms. The number of aliphatic hydroxyl groups excluding tert-OH is 1. The number of hydrogen-bond donors (Lipinski definition) is 1. The molecule has 0 aliphatic rings. The fourth-order valence-corrected chi connectivity index (χ4v) is 3.24. The van der Waals surface area contributed by atoms with Crippen molar-refractivity contribution < 1.29 is 5.11 Å².